The number of aromatic nitrogens is 4. The molecule has 3 rings (SSSR count). The number of anilines is 2. The molecule has 7 nitrogen and oxygen atoms in total. The van der Waals surface area contributed by atoms with Gasteiger partial charge in [-0.3, -0.25) is 0 Å². The van der Waals surface area contributed by atoms with Gasteiger partial charge in [0.05, 0.1) is 7.11 Å². The van der Waals surface area contributed by atoms with E-state index in [-0.39, 0.29) is 11.3 Å². The molecule has 0 spiro atoms. The van der Waals surface area contributed by atoms with E-state index in [1.165, 1.54) is 7.11 Å². The molecule has 0 aliphatic carbocycles. The summed E-state index contributed by atoms with van der Waals surface area (Å²) in [5.41, 5.74) is 0. The maximum atomic E-state index is 5.88. The molecule has 110 valence electrons. The molecule has 21 heavy (non-hydrogen) atoms. The van der Waals surface area contributed by atoms with Gasteiger partial charge in [0.25, 0.3) is 0 Å². The van der Waals surface area contributed by atoms with Gasteiger partial charge in [-0.05, 0) is 23.7 Å². The van der Waals surface area contributed by atoms with Crippen LogP contribution in [0.1, 0.15) is 0 Å². The molecule has 0 atom stereocenters. The molecule has 0 N–H and O–H groups in total. The van der Waals surface area contributed by atoms with E-state index < -0.39 is 0 Å². The van der Waals surface area contributed by atoms with Gasteiger partial charge in [-0.15, -0.1) is 0 Å². The van der Waals surface area contributed by atoms with Crippen LogP contribution in [0.4, 0.5) is 11.8 Å². The highest BCUT2D eigenvalue weighted by Crippen LogP contribution is 2.18. The zero-order valence-electron chi connectivity index (χ0n) is 11.6. The van der Waals surface area contributed by atoms with Crippen molar-refractivity contribution in [3.63, 3.8) is 0 Å². The van der Waals surface area contributed by atoms with Crippen LogP contribution in [0.5, 0.6) is 6.01 Å². The average Bonchev–Trinajstić information content (AvgIpc) is 2.55. The number of rotatable bonds is 3. The van der Waals surface area contributed by atoms with Gasteiger partial charge in [0.15, 0.2) is 0 Å². The summed E-state index contributed by atoms with van der Waals surface area (Å²) in [6, 6.07) is 6.15. The van der Waals surface area contributed by atoms with E-state index in [1.807, 2.05) is 18.2 Å². The van der Waals surface area contributed by atoms with Crippen LogP contribution in [0.2, 0.25) is 5.28 Å². The number of piperazine rings is 1. The fourth-order valence-electron chi connectivity index (χ4n) is 2.23. The summed E-state index contributed by atoms with van der Waals surface area (Å²) in [6.07, 6.45) is 1.80. The van der Waals surface area contributed by atoms with Gasteiger partial charge in [0, 0.05) is 32.4 Å². The molecule has 1 saturated heterocycles. The summed E-state index contributed by atoms with van der Waals surface area (Å²) in [5.74, 6) is 1.54. The molecule has 8 heteroatoms. The highest BCUT2D eigenvalue weighted by molar-refractivity contribution is 6.28. The first-order valence-electron chi connectivity index (χ1n) is 6.63. The lowest BCUT2D eigenvalue weighted by molar-refractivity contribution is 0.377. The zero-order valence-corrected chi connectivity index (χ0v) is 12.4. The molecule has 0 bridgehead atoms. The van der Waals surface area contributed by atoms with Crippen molar-refractivity contribution in [2.75, 3.05) is 43.1 Å². The molecule has 0 saturated carbocycles. The highest BCUT2D eigenvalue weighted by atomic mass is 35.5. The molecule has 2 aromatic heterocycles. The second kappa shape index (κ2) is 6.09. The lowest BCUT2D eigenvalue weighted by atomic mass is 10.3. The molecular weight excluding hydrogens is 292 g/mol. The number of ether oxygens (including phenoxy) is 1. The summed E-state index contributed by atoms with van der Waals surface area (Å²) in [7, 11) is 1.51. The summed E-state index contributed by atoms with van der Waals surface area (Å²) in [5, 5.41) is 0.143. The SMILES string of the molecule is COc1nc(Cl)nc(N2CCN(c3ccccn3)CC2)n1. The normalized spacial score (nSPS) is 15.1. The van der Waals surface area contributed by atoms with Crippen LogP contribution in [0, 0.1) is 0 Å². The molecule has 1 aliphatic rings. The Bertz CT molecular complexity index is 603. The van der Waals surface area contributed by atoms with Gasteiger partial charge in [-0.2, -0.15) is 15.0 Å². The van der Waals surface area contributed by atoms with Crippen LogP contribution in [-0.2, 0) is 0 Å². The molecule has 2 aromatic rings. The van der Waals surface area contributed by atoms with Gasteiger partial charge in [-0.25, -0.2) is 4.98 Å². The maximum Gasteiger partial charge on any atom is 0.322 e. The first-order chi connectivity index (χ1) is 10.3. The van der Waals surface area contributed by atoms with Gasteiger partial charge >= 0.3 is 6.01 Å². The first-order valence-corrected chi connectivity index (χ1v) is 7.00. The van der Waals surface area contributed by atoms with Gasteiger partial charge < -0.3 is 14.5 Å². The average molecular weight is 307 g/mol. The topological polar surface area (TPSA) is 67.3 Å². The lowest BCUT2D eigenvalue weighted by Crippen LogP contribution is -2.47. The van der Waals surface area contributed by atoms with Crippen molar-refractivity contribution in [2.45, 2.75) is 0 Å². The first kappa shape index (κ1) is 13.8. The number of hydrogen-bond donors (Lipinski definition) is 0. The number of methoxy groups -OCH3 is 1. The highest BCUT2D eigenvalue weighted by Gasteiger charge is 2.21. The van der Waals surface area contributed by atoms with Crippen LogP contribution in [0.15, 0.2) is 24.4 Å². The Morgan fingerprint density at radius 1 is 1.05 bits per heavy atom. The van der Waals surface area contributed by atoms with Gasteiger partial charge in [-0.1, -0.05) is 6.07 Å². The quantitative estimate of drug-likeness (QED) is 0.845. The predicted molar refractivity (Wildman–Crippen MR) is 80.1 cm³/mol. The summed E-state index contributed by atoms with van der Waals surface area (Å²) >= 11 is 5.88. The van der Waals surface area contributed by atoms with Crippen LogP contribution in [-0.4, -0.2) is 53.2 Å². The second-order valence-corrected chi connectivity index (χ2v) is 4.89. The van der Waals surface area contributed by atoms with E-state index in [2.05, 4.69) is 29.7 Å². The van der Waals surface area contributed by atoms with Crippen molar-refractivity contribution in [1.29, 1.82) is 0 Å². The smallest absolute Gasteiger partial charge is 0.322 e. The second-order valence-electron chi connectivity index (χ2n) is 4.55. The summed E-state index contributed by atoms with van der Waals surface area (Å²) < 4.78 is 5.02. The maximum absolute atomic E-state index is 5.88. The summed E-state index contributed by atoms with van der Waals surface area (Å²) in [4.78, 5) is 20.9. The third-order valence-electron chi connectivity index (χ3n) is 3.29. The number of halogens is 1. The van der Waals surface area contributed by atoms with Crippen LogP contribution < -0.4 is 14.5 Å². The van der Waals surface area contributed by atoms with Crippen molar-refractivity contribution < 1.29 is 4.74 Å². The van der Waals surface area contributed by atoms with Crippen molar-refractivity contribution in [3.05, 3.63) is 29.7 Å². The molecule has 0 radical (unpaired) electrons. The van der Waals surface area contributed by atoms with Crippen molar-refractivity contribution in [3.8, 4) is 6.01 Å². The molecule has 1 aliphatic heterocycles. The Labute approximate surface area is 127 Å². The van der Waals surface area contributed by atoms with Crippen molar-refractivity contribution in [2.24, 2.45) is 0 Å². The van der Waals surface area contributed by atoms with Crippen molar-refractivity contribution >= 4 is 23.4 Å². The Balaban J connectivity index is 1.70. The summed E-state index contributed by atoms with van der Waals surface area (Å²) in [6.45, 7) is 3.28. The minimum absolute atomic E-state index is 0.143. The van der Waals surface area contributed by atoms with Crippen LogP contribution in [0.3, 0.4) is 0 Å². The number of nitrogens with zero attached hydrogens (tertiary/aromatic N) is 6. The van der Waals surface area contributed by atoms with E-state index in [1.54, 1.807) is 6.20 Å². The Kier molecular flexibility index (Phi) is 4.01. The van der Waals surface area contributed by atoms with Crippen LogP contribution in [0.25, 0.3) is 0 Å². The monoisotopic (exact) mass is 306 g/mol. The van der Waals surface area contributed by atoms with Gasteiger partial charge in [0.2, 0.25) is 11.2 Å². The Hall–Kier alpha value is -2.15. The third-order valence-corrected chi connectivity index (χ3v) is 3.46. The number of hydrogen-bond acceptors (Lipinski definition) is 7. The molecule has 1 fully saturated rings. The standard InChI is InChI=1S/C13H15ClN6O/c1-21-13-17-11(14)16-12(18-13)20-8-6-19(7-9-20)10-4-2-3-5-15-10/h2-5H,6-9H2,1H3. The third kappa shape index (κ3) is 3.13. The van der Waals surface area contributed by atoms with E-state index in [9.17, 15) is 0 Å². The Morgan fingerprint density at radius 3 is 2.48 bits per heavy atom. The lowest BCUT2D eigenvalue weighted by Gasteiger charge is -2.35. The zero-order chi connectivity index (χ0) is 14.7. The predicted octanol–water partition coefficient (Wildman–Crippen LogP) is 1.26. The van der Waals surface area contributed by atoms with E-state index in [4.69, 9.17) is 16.3 Å². The molecular formula is C13H15ClN6O. The molecule has 0 aromatic carbocycles. The molecule has 0 amide bonds. The van der Waals surface area contributed by atoms with E-state index >= 15 is 0 Å². The van der Waals surface area contributed by atoms with E-state index in [0.717, 1.165) is 32.0 Å². The van der Waals surface area contributed by atoms with E-state index in [0.29, 0.717) is 5.95 Å². The fraction of sp³-hybridized carbons (Fsp3) is 0.385. The van der Waals surface area contributed by atoms with Gasteiger partial charge in [0.1, 0.15) is 5.82 Å². The van der Waals surface area contributed by atoms with Crippen LogP contribution >= 0.6 is 11.6 Å². The van der Waals surface area contributed by atoms with Crippen molar-refractivity contribution in [1.82, 2.24) is 19.9 Å². The molecule has 3 heterocycles. The fourth-order valence-corrected chi connectivity index (χ4v) is 2.38. The molecule has 0 unspecified atom stereocenters. The minimum atomic E-state index is 0.143. The Morgan fingerprint density at radius 2 is 1.81 bits per heavy atom. The minimum Gasteiger partial charge on any atom is -0.467 e. The largest absolute Gasteiger partial charge is 0.467 e. The number of pyridine rings is 1.